The van der Waals surface area contributed by atoms with Gasteiger partial charge in [0, 0.05) is 23.9 Å². The van der Waals surface area contributed by atoms with Gasteiger partial charge in [-0.3, -0.25) is 0 Å². The summed E-state index contributed by atoms with van der Waals surface area (Å²) in [7, 11) is 4.84. The number of nitrogens with one attached hydrogen (secondary N) is 2. The minimum absolute atomic E-state index is 0.0715. The van der Waals surface area contributed by atoms with Gasteiger partial charge in [0.25, 0.3) is 5.36 Å². The van der Waals surface area contributed by atoms with Gasteiger partial charge < -0.3 is 25.5 Å². The SMILES string of the molecule is COc1ccc2[nH]c3ccccc3c(NCCC[N+](C)(C)O)c-2c1=[N+]([O-])[O-]. The van der Waals surface area contributed by atoms with Crippen molar-refractivity contribution in [3.8, 4) is 17.0 Å². The van der Waals surface area contributed by atoms with E-state index in [-0.39, 0.29) is 15.8 Å². The van der Waals surface area contributed by atoms with E-state index >= 15 is 0 Å². The summed E-state index contributed by atoms with van der Waals surface area (Å²) in [5, 5.41) is 37.6. The molecular weight excluding hydrogens is 348 g/mol. The molecule has 1 aromatic carbocycles. The summed E-state index contributed by atoms with van der Waals surface area (Å²) in [4.78, 5) is 2.85. The maximum absolute atomic E-state index is 11.8. The monoisotopic (exact) mass is 372 g/mol. The van der Waals surface area contributed by atoms with Crippen molar-refractivity contribution in [3.05, 3.63) is 52.2 Å². The standard InChI is InChI=1S/C19H24N4O4/c1-23(2,26)12-6-11-20-18-13-7-4-5-8-14(13)21-15-9-10-16(27-3)19(17(15)18)22(24)25/h4-5,7-10,20-21,26H,6,11-12H2,1-3H3. The maximum Gasteiger partial charge on any atom is 0.276 e. The normalized spacial score (nSPS) is 11.7. The fourth-order valence-corrected chi connectivity index (χ4v) is 3.23. The van der Waals surface area contributed by atoms with Gasteiger partial charge in [-0.15, -0.1) is 0 Å². The Hall–Kier alpha value is -2.97. The average molecular weight is 372 g/mol. The lowest BCUT2D eigenvalue weighted by molar-refractivity contribution is -1.07. The number of benzene rings is 2. The number of hydroxylamine groups is 3. The number of ether oxygens (including phenoxy) is 1. The number of aromatic amines is 1. The van der Waals surface area contributed by atoms with E-state index < -0.39 is 4.90 Å². The second kappa shape index (κ2) is 7.34. The summed E-state index contributed by atoms with van der Waals surface area (Å²) in [6.07, 6.45) is 0.704. The highest BCUT2D eigenvalue weighted by molar-refractivity contribution is 6.00. The number of nitrogens with zero attached hydrogens (tertiary/aromatic N) is 2. The van der Waals surface area contributed by atoms with E-state index in [2.05, 4.69) is 10.3 Å². The van der Waals surface area contributed by atoms with Gasteiger partial charge in [-0.2, -0.15) is 9.55 Å². The van der Waals surface area contributed by atoms with Crippen molar-refractivity contribution in [2.75, 3.05) is 39.6 Å². The maximum atomic E-state index is 11.8. The van der Waals surface area contributed by atoms with Crippen LogP contribution in [0.15, 0.2) is 36.4 Å². The zero-order valence-corrected chi connectivity index (χ0v) is 15.7. The van der Waals surface area contributed by atoms with Crippen LogP contribution in [-0.2, 0) is 0 Å². The Morgan fingerprint density at radius 1 is 1.19 bits per heavy atom. The Balaban J connectivity index is 2.19. The van der Waals surface area contributed by atoms with Gasteiger partial charge in [0.15, 0.2) is 5.75 Å². The van der Waals surface area contributed by atoms with E-state index in [0.717, 1.165) is 10.9 Å². The molecule has 27 heavy (non-hydrogen) atoms. The summed E-state index contributed by atoms with van der Waals surface area (Å²) < 4.78 is 5.11. The molecule has 1 aliphatic carbocycles. The van der Waals surface area contributed by atoms with Crippen LogP contribution in [0.3, 0.4) is 0 Å². The first-order valence-electron chi connectivity index (χ1n) is 8.70. The van der Waals surface area contributed by atoms with Gasteiger partial charge in [-0.05, 0) is 18.2 Å². The van der Waals surface area contributed by atoms with Crippen LogP contribution in [0.4, 0.5) is 5.69 Å². The van der Waals surface area contributed by atoms with Crippen molar-refractivity contribution in [2.45, 2.75) is 6.42 Å². The van der Waals surface area contributed by atoms with Crippen LogP contribution in [0.2, 0.25) is 0 Å². The van der Waals surface area contributed by atoms with Crippen LogP contribution in [0.1, 0.15) is 6.42 Å². The molecule has 144 valence electrons. The van der Waals surface area contributed by atoms with Crippen LogP contribution in [0.25, 0.3) is 22.2 Å². The number of pyridine rings is 1. The number of H-pyrrole nitrogens is 1. The highest BCUT2D eigenvalue weighted by Crippen LogP contribution is 2.34. The summed E-state index contributed by atoms with van der Waals surface area (Å²) in [5.41, 5.74) is 2.70. The number of para-hydroxylation sites is 1. The van der Waals surface area contributed by atoms with Gasteiger partial charge in [-0.1, -0.05) is 18.2 Å². The molecule has 0 unspecified atom stereocenters. The molecule has 0 atom stereocenters. The molecule has 1 aliphatic heterocycles. The Kier molecular flexibility index (Phi) is 5.11. The molecule has 0 amide bonds. The van der Waals surface area contributed by atoms with Gasteiger partial charge in [0.1, 0.15) is 6.54 Å². The third kappa shape index (κ3) is 3.91. The van der Waals surface area contributed by atoms with E-state index in [4.69, 9.17) is 4.74 Å². The van der Waals surface area contributed by atoms with Crippen LogP contribution in [-0.4, -0.2) is 49.1 Å². The summed E-state index contributed by atoms with van der Waals surface area (Å²) in [6, 6.07) is 11.0. The third-order valence-corrected chi connectivity index (χ3v) is 4.44. The van der Waals surface area contributed by atoms with Gasteiger partial charge in [-0.25, -0.2) is 5.21 Å². The van der Waals surface area contributed by atoms with Crippen molar-refractivity contribution in [1.82, 2.24) is 9.89 Å². The minimum Gasteiger partial charge on any atom is -0.612 e. The number of quaternary nitrogens is 1. The Morgan fingerprint density at radius 3 is 2.59 bits per heavy atom. The molecule has 0 fully saturated rings. The van der Waals surface area contributed by atoms with Crippen molar-refractivity contribution in [1.29, 1.82) is 0 Å². The Labute approximate surface area is 157 Å². The number of anilines is 1. The first kappa shape index (κ1) is 18.8. The van der Waals surface area contributed by atoms with Crippen molar-refractivity contribution >= 4 is 16.6 Å². The van der Waals surface area contributed by atoms with Crippen LogP contribution < -0.4 is 20.3 Å². The van der Waals surface area contributed by atoms with Gasteiger partial charge in [0.2, 0.25) is 0 Å². The highest BCUT2D eigenvalue weighted by atomic mass is 16.8. The molecule has 3 rings (SSSR count). The van der Waals surface area contributed by atoms with Crippen LogP contribution >= 0.6 is 0 Å². The number of aromatic nitrogens is 1. The second-order valence-electron chi connectivity index (χ2n) is 6.97. The molecule has 2 aliphatic rings. The minimum atomic E-state index is -0.414. The first-order chi connectivity index (χ1) is 12.8. The molecule has 0 bridgehead atoms. The first-order valence-corrected chi connectivity index (χ1v) is 8.70. The van der Waals surface area contributed by atoms with E-state index in [1.165, 1.54) is 7.11 Å². The molecule has 8 nitrogen and oxygen atoms in total. The number of rotatable bonds is 6. The number of hydrogen-bond acceptors (Lipinski definition) is 5. The molecule has 0 saturated carbocycles. The summed E-state index contributed by atoms with van der Waals surface area (Å²) in [6.45, 7) is 1.13. The lowest BCUT2D eigenvalue weighted by Crippen LogP contribution is -2.37. The largest absolute Gasteiger partial charge is 0.612 e. The van der Waals surface area contributed by atoms with Crippen molar-refractivity contribution < 1.29 is 14.6 Å². The molecular formula is C19H24N4O4. The molecule has 0 saturated heterocycles. The van der Waals surface area contributed by atoms with E-state index in [1.807, 2.05) is 24.3 Å². The highest BCUT2D eigenvalue weighted by Gasteiger charge is 2.21. The van der Waals surface area contributed by atoms with E-state index in [1.54, 1.807) is 26.2 Å². The fourth-order valence-electron chi connectivity index (χ4n) is 3.23. The Bertz CT molecular complexity index is 987. The lowest BCUT2D eigenvalue weighted by atomic mass is 10.0. The molecule has 3 N–H and O–H groups in total. The smallest absolute Gasteiger partial charge is 0.276 e. The molecule has 0 aromatic heterocycles. The third-order valence-electron chi connectivity index (χ3n) is 4.44. The molecule has 0 spiro atoms. The lowest BCUT2D eigenvalue weighted by Gasteiger charge is -2.21. The molecule has 0 radical (unpaired) electrons. The van der Waals surface area contributed by atoms with Crippen molar-refractivity contribution in [2.24, 2.45) is 0 Å². The second-order valence-corrected chi connectivity index (χ2v) is 6.97. The Morgan fingerprint density at radius 2 is 1.93 bits per heavy atom. The van der Waals surface area contributed by atoms with Gasteiger partial charge >= 0.3 is 0 Å². The summed E-state index contributed by atoms with van der Waals surface area (Å²) >= 11 is 0. The van der Waals surface area contributed by atoms with Crippen LogP contribution in [0, 0.1) is 10.4 Å². The van der Waals surface area contributed by atoms with Gasteiger partial charge in [0.05, 0.1) is 38.1 Å². The fraction of sp³-hybridized carbons (Fsp3) is 0.316. The quantitative estimate of drug-likeness (QED) is 0.266. The molecule has 1 heterocycles. The average Bonchev–Trinajstić information content (AvgIpc) is 2.62. The van der Waals surface area contributed by atoms with E-state index in [0.29, 0.717) is 36.5 Å². The van der Waals surface area contributed by atoms with Crippen LogP contribution in [0.5, 0.6) is 5.75 Å². The topological polar surface area (TPSA) is 106 Å². The number of hydrogen-bond donors (Lipinski definition) is 3. The predicted molar refractivity (Wildman–Crippen MR) is 105 cm³/mol. The van der Waals surface area contributed by atoms with Crippen molar-refractivity contribution in [3.63, 3.8) is 0 Å². The zero-order valence-electron chi connectivity index (χ0n) is 15.7. The predicted octanol–water partition coefficient (Wildman–Crippen LogP) is 2.32. The zero-order chi connectivity index (χ0) is 19.6. The number of methoxy groups -OCH3 is 1. The summed E-state index contributed by atoms with van der Waals surface area (Å²) in [5.74, 6) is 0.215. The number of fused-ring (bicyclic) bond motifs is 2. The molecule has 1 aromatic rings. The van der Waals surface area contributed by atoms with E-state index in [9.17, 15) is 15.6 Å². The molecule has 8 heteroatoms.